The van der Waals surface area contributed by atoms with Gasteiger partial charge < -0.3 is 10.2 Å². The van der Waals surface area contributed by atoms with E-state index in [1.165, 1.54) is 0 Å². The van der Waals surface area contributed by atoms with E-state index in [1.807, 2.05) is 34.6 Å². The van der Waals surface area contributed by atoms with E-state index in [1.54, 1.807) is 0 Å². The molecule has 2 N–H and O–H groups in total. The fraction of sp³-hybridized carbons (Fsp3) is 0.889. The average molecular weight is 314 g/mol. The van der Waals surface area contributed by atoms with E-state index in [0.717, 1.165) is 12.8 Å². The lowest BCUT2D eigenvalue weighted by molar-refractivity contribution is -0.147. The maximum Gasteiger partial charge on any atom is 0.307 e. The monoisotopic (exact) mass is 314 g/mol. The number of hydrogen-bond acceptors (Lipinski definition) is 2. The molecule has 4 nitrogen and oxygen atoms in total. The molecule has 0 heterocycles. The predicted molar refractivity (Wildman–Crippen MR) is 88.8 cm³/mol. The summed E-state index contributed by atoms with van der Waals surface area (Å²) in [5, 5.41) is 18.6. The first-order valence-electron chi connectivity index (χ1n) is 8.21. The summed E-state index contributed by atoms with van der Waals surface area (Å²) in [6.07, 6.45) is 2.30. The van der Waals surface area contributed by atoms with Crippen LogP contribution in [0.2, 0.25) is 0 Å². The second-order valence-electron chi connectivity index (χ2n) is 8.76. The lowest BCUT2D eigenvalue weighted by Crippen LogP contribution is -2.34. The van der Waals surface area contributed by atoms with E-state index < -0.39 is 17.9 Å². The van der Waals surface area contributed by atoms with Crippen molar-refractivity contribution < 1.29 is 19.8 Å². The molecule has 0 aromatic rings. The number of rotatable bonds is 10. The van der Waals surface area contributed by atoms with Crippen LogP contribution in [0.25, 0.3) is 0 Å². The standard InChI is InChI=1S/C18H34O4/c1-12(2)9-18(6,7)14(16(21)22)8-13(3)10-17(4,5)11-15(19)20/h12-14H,8-11H2,1-7H3,(H,19,20)(H,21,22). The Morgan fingerprint density at radius 3 is 1.82 bits per heavy atom. The van der Waals surface area contributed by atoms with E-state index in [9.17, 15) is 14.7 Å². The van der Waals surface area contributed by atoms with Crippen molar-refractivity contribution in [2.75, 3.05) is 0 Å². The highest BCUT2D eigenvalue weighted by Crippen LogP contribution is 2.40. The summed E-state index contributed by atoms with van der Waals surface area (Å²) >= 11 is 0. The molecule has 0 fully saturated rings. The topological polar surface area (TPSA) is 74.6 Å². The smallest absolute Gasteiger partial charge is 0.307 e. The first-order valence-corrected chi connectivity index (χ1v) is 8.21. The number of aliphatic carboxylic acids is 2. The van der Waals surface area contributed by atoms with Crippen LogP contribution in [0.1, 0.15) is 74.1 Å². The first kappa shape index (κ1) is 20.9. The van der Waals surface area contributed by atoms with Gasteiger partial charge in [-0.05, 0) is 41.9 Å². The number of carboxylic acid groups (broad SMARTS) is 2. The van der Waals surface area contributed by atoms with Crippen LogP contribution in [0.3, 0.4) is 0 Å². The van der Waals surface area contributed by atoms with Crippen LogP contribution < -0.4 is 0 Å². The third kappa shape index (κ3) is 7.81. The lowest BCUT2D eigenvalue weighted by Gasteiger charge is -2.36. The van der Waals surface area contributed by atoms with Gasteiger partial charge in [0, 0.05) is 0 Å². The quantitative estimate of drug-likeness (QED) is 0.614. The summed E-state index contributed by atoms with van der Waals surface area (Å²) in [6, 6.07) is 0. The van der Waals surface area contributed by atoms with Gasteiger partial charge in [0.2, 0.25) is 0 Å². The molecular weight excluding hydrogens is 280 g/mol. The van der Waals surface area contributed by atoms with Crippen LogP contribution in [-0.4, -0.2) is 22.2 Å². The molecule has 2 unspecified atom stereocenters. The van der Waals surface area contributed by atoms with E-state index in [-0.39, 0.29) is 23.2 Å². The van der Waals surface area contributed by atoms with Crippen LogP contribution in [0.4, 0.5) is 0 Å². The molecule has 0 saturated heterocycles. The highest BCUT2D eigenvalue weighted by atomic mass is 16.4. The molecule has 0 aliphatic rings. The molecule has 0 bridgehead atoms. The van der Waals surface area contributed by atoms with Gasteiger partial charge >= 0.3 is 11.9 Å². The van der Waals surface area contributed by atoms with Crippen molar-refractivity contribution in [1.82, 2.24) is 0 Å². The molecule has 0 radical (unpaired) electrons. The Morgan fingerprint density at radius 1 is 0.955 bits per heavy atom. The normalized spacial score (nSPS) is 15.6. The van der Waals surface area contributed by atoms with Gasteiger partial charge in [-0.3, -0.25) is 9.59 Å². The van der Waals surface area contributed by atoms with Gasteiger partial charge in [0.25, 0.3) is 0 Å². The third-order valence-corrected chi connectivity index (χ3v) is 4.34. The highest BCUT2D eigenvalue weighted by molar-refractivity contribution is 5.71. The Morgan fingerprint density at radius 2 is 1.45 bits per heavy atom. The summed E-state index contributed by atoms with van der Waals surface area (Å²) in [4.78, 5) is 22.6. The Balaban J connectivity index is 4.89. The second kappa shape index (κ2) is 7.98. The minimum absolute atomic E-state index is 0.116. The zero-order valence-electron chi connectivity index (χ0n) is 15.3. The third-order valence-electron chi connectivity index (χ3n) is 4.34. The van der Waals surface area contributed by atoms with Crippen molar-refractivity contribution in [1.29, 1.82) is 0 Å². The van der Waals surface area contributed by atoms with E-state index in [0.29, 0.717) is 12.3 Å². The maximum atomic E-state index is 11.7. The molecule has 0 aromatic carbocycles. The van der Waals surface area contributed by atoms with Gasteiger partial charge in [-0.2, -0.15) is 0 Å². The van der Waals surface area contributed by atoms with E-state index >= 15 is 0 Å². The van der Waals surface area contributed by atoms with Gasteiger partial charge in [-0.25, -0.2) is 0 Å². The van der Waals surface area contributed by atoms with Crippen LogP contribution >= 0.6 is 0 Å². The van der Waals surface area contributed by atoms with Crippen molar-refractivity contribution >= 4 is 11.9 Å². The Bertz CT molecular complexity index is 383. The average Bonchev–Trinajstić information content (AvgIpc) is 2.20. The fourth-order valence-corrected chi connectivity index (χ4v) is 3.86. The summed E-state index contributed by atoms with van der Waals surface area (Å²) in [5.74, 6) is -1.30. The molecule has 4 heteroatoms. The van der Waals surface area contributed by atoms with Crippen molar-refractivity contribution in [3.05, 3.63) is 0 Å². The van der Waals surface area contributed by atoms with Gasteiger partial charge in [-0.1, -0.05) is 48.5 Å². The number of hydrogen-bond donors (Lipinski definition) is 2. The van der Waals surface area contributed by atoms with Crippen LogP contribution in [-0.2, 0) is 9.59 Å². The molecule has 2 atom stereocenters. The minimum Gasteiger partial charge on any atom is -0.481 e. The summed E-state index contributed by atoms with van der Waals surface area (Å²) in [7, 11) is 0. The first-order chi connectivity index (χ1) is 9.77. The molecule has 0 amide bonds. The Kier molecular flexibility index (Phi) is 7.60. The predicted octanol–water partition coefficient (Wildman–Crippen LogP) is 4.68. The van der Waals surface area contributed by atoms with Crippen molar-refractivity contribution in [3.8, 4) is 0 Å². The lowest BCUT2D eigenvalue weighted by atomic mass is 9.68. The largest absolute Gasteiger partial charge is 0.481 e. The summed E-state index contributed by atoms with van der Waals surface area (Å²) in [5.41, 5.74) is -0.568. The molecule has 0 aliphatic heterocycles. The van der Waals surface area contributed by atoms with E-state index in [4.69, 9.17) is 5.11 Å². The maximum absolute atomic E-state index is 11.7. The minimum atomic E-state index is -0.799. The zero-order valence-corrected chi connectivity index (χ0v) is 15.3. The van der Waals surface area contributed by atoms with Gasteiger partial charge in [-0.15, -0.1) is 0 Å². The Hall–Kier alpha value is -1.06. The van der Waals surface area contributed by atoms with Gasteiger partial charge in [0.05, 0.1) is 12.3 Å². The number of carbonyl (C=O) groups is 2. The van der Waals surface area contributed by atoms with Crippen LogP contribution in [0.5, 0.6) is 0 Å². The van der Waals surface area contributed by atoms with Crippen molar-refractivity contribution in [2.24, 2.45) is 28.6 Å². The molecule has 0 aromatic heterocycles. The molecule has 0 saturated carbocycles. The summed E-state index contributed by atoms with van der Waals surface area (Å²) in [6.45, 7) is 14.2. The van der Waals surface area contributed by atoms with Gasteiger partial charge in [0.1, 0.15) is 0 Å². The molecule has 0 aliphatic carbocycles. The molecule has 0 rings (SSSR count). The Labute approximate surface area is 135 Å². The van der Waals surface area contributed by atoms with Crippen LogP contribution in [0.15, 0.2) is 0 Å². The highest BCUT2D eigenvalue weighted by Gasteiger charge is 2.37. The molecular formula is C18H34O4. The zero-order chi connectivity index (χ0) is 17.7. The van der Waals surface area contributed by atoms with Gasteiger partial charge in [0.15, 0.2) is 0 Å². The van der Waals surface area contributed by atoms with Crippen LogP contribution in [0, 0.1) is 28.6 Å². The van der Waals surface area contributed by atoms with Crippen molar-refractivity contribution in [2.45, 2.75) is 74.1 Å². The fourth-order valence-electron chi connectivity index (χ4n) is 3.86. The molecule has 22 heavy (non-hydrogen) atoms. The SMILES string of the molecule is CC(C)CC(C)(C)C(CC(C)CC(C)(C)CC(=O)O)C(=O)O. The second-order valence-corrected chi connectivity index (χ2v) is 8.76. The van der Waals surface area contributed by atoms with Crippen molar-refractivity contribution in [3.63, 3.8) is 0 Å². The van der Waals surface area contributed by atoms with E-state index in [2.05, 4.69) is 13.8 Å². The number of carboxylic acids is 2. The molecule has 0 spiro atoms. The molecule has 130 valence electrons. The summed E-state index contributed by atoms with van der Waals surface area (Å²) < 4.78 is 0.